The number of sulfone groups is 1. The van der Waals surface area contributed by atoms with Crippen LogP contribution in [0.4, 0.5) is 0 Å². The van der Waals surface area contributed by atoms with E-state index in [0.717, 1.165) is 19.6 Å². The molecule has 136 valence electrons. The van der Waals surface area contributed by atoms with Gasteiger partial charge in [0, 0.05) is 39.3 Å². The molecule has 0 aromatic carbocycles. The van der Waals surface area contributed by atoms with Gasteiger partial charge in [-0.25, -0.2) is 8.42 Å². The lowest BCUT2D eigenvalue weighted by Crippen LogP contribution is -2.54. The predicted molar refractivity (Wildman–Crippen MR) is 90.2 cm³/mol. The molecule has 0 aromatic rings. The van der Waals surface area contributed by atoms with E-state index in [-0.39, 0.29) is 29.4 Å². The highest BCUT2D eigenvalue weighted by Gasteiger charge is 2.59. The van der Waals surface area contributed by atoms with Crippen LogP contribution < -0.4 is 0 Å². The quantitative estimate of drug-likeness (QED) is 0.639. The molecule has 24 heavy (non-hydrogen) atoms. The van der Waals surface area contributed by atoms with Gasteiger partial charge >= 0.3 is 0 Å². The number of likely N-dealkylation sites (N-methyl/N-ethyl adjacent to an activating group) is 1. The van der Waals surface area contributed by atoms with Gasteiger partial charge in [0.05, 0.1) is 11.5 Å². The Bertz CT molecular complexity index is 621. The summed E-state index contributed by atoms with van der Waals surface area (Å²) in [5.41, 5.74) is -0.921. The summed E-state index contributed by atoms with van der Waals surface area (Å²) in [6, 6.07) is -0.287. The smallest absolute Gasteiger partial charge is 0.238 e. The van der Waals surface area contributed by atoms with E-state index in [1.54, 1.807) is 7.05 Å². The number of hydrogen-bond donors (Lipinski definition) is 0. The molecule has 0 radical (unpaired) electrons. The number of carbonyl (C=O) groups is 2. The summed E-state index contributed by atoms with van der Waals surface area (Å²) < 4.78 is 23.3. The molecule has 1 unspecified atom stereocenters. The van der Waals surface area contributed by atoms with E-state index in [1.165, 1.54) is 4.90 Å². The van der Waals surface area contributed by atoms with Gasteiger partial charge in [0.15, 0.2) is 9.84 Å². The molecule has 7 nitrogen and oxygen atoms in total. The molecule has 0 aromatic heterocycles. The second kappa shape index (κ2) is 6.29. The standard InChI is InChI=1S/C16H27N3O4S/c1-3-18-7-9-19(10-8-18)15(21)16(5-6-16)14(20)17(2)13-4-11-24(22,23)12-13/h13H,3-12H2,1-2H3. The third-order valence-electron chi connectivity index (χ3n) is 5.75. The van der Waals surface area contributed by atoms with Gasteiger partial charge in [-0.15, -0.1) is 0 Å². The summed E-state index contributed by atoms with van der Waals surface area (Å²) in [6.07, 6.45) is 1.65. The minimum Gasteiger partial charge on any atom is -0.341 e. The van der Waals surface area contributed by atoms with E-state index in [2.05, 4.69) is 11.8 Å². The number of nitrogens with zero attached hydrogens (tertiary/aromatic N) is 3. The maximum atomic E-state index is 12.9. The van der Waals surface area contributed by atoms with Crippen LogP contribution in [0.2, 0.25) is 0 Å². The Morgan fingerprint density at radius 3 is 2.25 bits per heavy atom. The van der Waals surface area contributed by atoms with Crippen LogP contribution in [0.15, 0.2) is 0 Å². The molecule has 0 bridgehead atoms. The average molecular weight is 357 g/mol. The zero-order valence-corrected chi connectivity index (χ0v) is 15.3. The summed E-state index contributed by atoms with van der Waals surface area (Å²) in [7, 11) is -1.39. The first-order valence-electron chi connectivity index (χ1n) is 8.78. The SMILES string of the molecule is CCN1CCN(C(=O)C2(C(=O)N(C)C3CCS(=O)(=O)C3)CC2)CC1. The molecule has 1 saturated carbocycles. The predicted octanol–water partition coefficient (Wildman–Crippen LogP) is -0.424. The molecule has 3 fully saturated rings. The molecule has 1 atom stereocenters. The molecular formula is C16H27N3O4S. The second-order valence-electron chi connectivity index (χ2n) is 7.28. The lowest BCUT2D eigenvalue weighted by Gasteiger charge is -2.37. The van der Waals surface area contributed by atoms with Crippen LogP contribution in [-0.4, -0.2) is 92.3 Å². The third-order valence-corrected chi connectivity index (χ3v) is 7.50. The Kier molecular flexibility index (Phi) is 4.63. The fourth-order valence-electron chi connectivity index (χ4n) is 3.80. The van der Waals surface area contributed by atoms with Crippen molar-refractivity contribution in [3.8, 4) is 0 Å². The molecule has 0 N–H and O–H groups in total. The van der Waals surface area contributed by atoms with Crippen molar-refractivity contribution >= 4 is 21.7 Å². The first kappa shape index (κ1) is 17.7. The lowest BCUT2D eigenvalue weighted by molar-refractivity contribution is -0.150. The van der Waals surface area contributed by atoms with Gasteiger partial charge in [0.2, 0.25) is 11.8 Å². The first-order chi connectivity index (χ1) is 11.3. The van der Waals surface area contributed by atoms with Gasteiger partial charge in [-0.3, -0.25) is 9.59 Å². The van der Waals surface area contributed by atoms with Gasteiger partial charge in [-0.1, -0.05) is 6.92 Å². The van der Waals surface area contributed by atoms with Gasteiger partial charge < -0.3 is 14.7 Å². The molecule has 2 heterocycles. The van der Waals surface area contributed by atoms with E-state index in [9.17, 15) is 18.0 Å². The van der Waals surface area contributed by atoms with Crippen LogP contribution in [0.25, 0.3) is 0 Å². The molecule has 8 heteroatoms. The normalized spacial score (nSPS) is 28.6. The summed E-state index contributed by atoms with van der Waals surface area (Å²) in [5, 5.41) is 0. The summed E-state index contributed by atoms with van der Waals surface area (Å²) in [6.45, 7) is 6.12. The molecule has 2 amide bonds. The monoisotopic (exact) mass is 357 g/mol. The van der Waals surface area contributed by atoms with Crippen molar-refractivity contribution in [3.63, 3.8) is 0 Å². The molecule has 2 saturated heterocycles. The van der Waals surface area contributed by atoms with Crippen molar-refractivity contribution < 1.29 is 18.0 Å². The molecular weight excluding hydrogens is 330 g/mol. The number of amides is 2. The Morgan fingerprint density at radius 1 is 1.17 bits per heavy atom. The molecule has 1 aliphatic carbocycles. The van der Waals surface area contributed by atoms with E-state index < -0.39 is 15.3 Å². The number of piperazine rings is 1. The van der Waals surface area contributed by atoms with Gasteiger partial charge in [-0.2, -0.15) is 0 Å². The Balaban J connectivity index is 1.65. The minimum atomic E-state index is -3.04. The van der Waals surface area contributed by atoms with Crippen LogP contribution in [0.3, 0.4) is 0 Å². The number of hydrogen-bond acceptors (Lipinski definition) is 5. The van der Waals surface area contributed by atoms with E-state index in [4.69, 9.17) is 0 Å². The first-order valence-corrected chi connectivity index (χ1v) is 10.6. The summed E-state index contributed by atoms with van der Waals surface area (Å²) in [5.74, 6) is -0.0901. The van der Waals surface area contributed by atoms with Crippen LogP contribution in [0.1, 0.15) is 26.2 Å². The van der Waals surface area contributed by atoms with E-state index in [1.807, 2.05) is 4.90 Å². The van der Waals surface area contributed by atoms with Crippen molar-refractivity contribution in [2.75, 3.05) is 51.3 Å². The molecule has 0 spiro atoms. The highest BCUT2D eigenvalue weighted by Crippen LogP contribution is 2.49. The van der Waals surface area contributed by atoms with Gasteiger partial charge in [0.25, 0.3) is 0 Å². The van der Waals surface area contributed by atoms with Gasteiger partial charge in [0.1, 0.15) is 5.41 Å². The van der Waals surface area contributed by atoms with E-state index >= 15 is 0 Å². The van der Waals surface area contributed by atoms with Crippen LogP contribution in [0, 0.1) is 5.41 Å². The van der Waals surface area contributed by atoms with Crippen molar-refractivity contribution in [2.24, 2.45) is 5.41 Å². The molecule has 2 aliphatic heterocycles. The zero-order valence-electron chi connectivity index (χ0n) is 14.5. The Hall–Kier alpha value is -1.15. The minimum absolute atomic E-state index is 0.0225. The fraction of sp³-hybridized carbons (Fsp3) is 0.875. The van der Waals surface area contributed by atoms with Crippen LogP contribution >= 0.6 is 0 Å². The maximum absolute atomic E-state index is 12.9. The van der Waals surface area contributed by atoms with Crippen LogP contribution in [-0.2, 0) is 19.4 Å². The Labute approximate surface area is 143 Å². The fourth-order valence-corrected chi connectivity index (χ4v) is 5.57. The van der Waals surface area contributed by atoms with Crippen molar-refractivity contribution in [1.29, 1.82) is 0 Å². The number of carbonyl (C=O) groups excluding carboxylic acids is 2. The van der Waals surface area contributed by atoms with E-state index in [0.29, 0.717) is 32.4 Å². The topological polar surface area (TPSA) is 78.0 Å². The summed E-state index contributed by atoms with van der Waals surface area (Å²) >= 11 is 0. The second-order valence-corrected chi connectivity index (χ2v) is 9.51. The van der Waals surface area contributed by atoms with Crippen molar-refractivity contribution in [3.05, 3.63) is 0 Å². The molecule has 3 aliphatic rings. The van der Waals surface area contributed by atoms with Crippen molar-refractivity contribution in [1.82, 2.24) is 14.7 Å². The molecule has 3 rings (SSSR count). The Morgan fingerprint density at radius 2 is 1.79 bits per heavy atom. The largest absolute Gasteiger partial charge is 0.341 e. The van der Waals surface area contributed by atoms with Gasteiger partial charge in [-0.05, 0) is 25.8 Å². The van der Waals surface area contributed by atoms with Crippen molar-refractivity contribution in [2.45, 2.75) is 32.2 Å². The summed E-state index contributed by atoms with van der Waals surface area (Å²) in [4.78, 5) is 31.4. The zero-order chi connectivity index (χ0) is 17.5. The number of rotatable bonds is 4. The maximum Gasteiger partial charge on any atom is 0.238 e. The highest BCUT2D eigenvalue weighted by atomic mass is 32.2. The lowest BCUT2D eigenvalue weighted by atomic mass is 10.0. The third kappa shape index (κ3) is 3.18. The van der Waals surface area contributed by atoms with Crippen LogP contribution in [0.5, 0.6) is 0 Å². The average Bonchev–Trinajstić information content (AvgIpc) is 3.31. The highest BCUT2D eigenvalue weighted by molar-refractivity contribution is 7.91.